The zero-order valence-corrected chi connectivity index (χ0v) is 17.7. The Kier molecular flexibility index (Phi) is 9.58. The van der Waals surface area contributed by atoms with Crippen molar-refractivity contribution in [3.63, 3.8) is 0 Å². The zero-order chi connectivity index (χ0) is 17.4. The Morgan fingerprint density at radius 1 is 1.32 bits per heavy atom. The predicted molar refractivity (Wildman–Crippen MR) is 111 cm³/mol. The van der Waals surface area contributed by atoms with Crippen LogP contribution >= 0.6 is 35.6 Å². The fourth-order valence-corrected chi connectivity index (χ4v) is 2.11. The molecule has 0 radical (unpaired) electrons. The molecule has 138 valence electrons. The van der Waals surface area contributed by atoms with Gasteiger partial charge in [0, 0.05) is 18.6 Å². The second kappa shape index (κ2) is 11.1. The third-order valence-corrected chi connectivity index (χ3v) is 3.49. The zero-order valence-electron chi connectivity index (χ0n) is 14.6. The highest BCUT2D eigenvalue weighted by molar-refractivity contribution is 14.0. The first-order valence-electron chi connectivity index (χ1n) is 7.85. The number of guanidine groups is 1. The highest BCUT2D eigenvalue weighted by atomic mass is 127. The van der Waals surface area contributed by atoms with Crippen LogP contribution in [0.15, 0.2) is 35.6 Å². The fourth-order valence-electron chi connectivity index (χ4n) is 1.98. The van der Waals surface area contributed by atoms with E-state index in [1.54, 1.807) is 4.68 Å². The maximum atomic E-state index is 5.87. The molecule has 1 atom stereocenters. The topological polar surface area (TPSA) is 76.4 Å². The molecule has 0 bridgehead atoms. The van der Waals surface area contributed by atoms with E-state index in [2.05, 4.69) is 25.7 Å². The van der Waals surface area contributed by atoms with E-state index in [0.29, 0.717) is 24.1 Å². The first-order chi connectivity index (χ1) is 11.6. The van der Waals surface area contributed by atoms with Gasteiger partial charge in [0.15, 0.2) is 5.96 Å². The number of nitrogens with one attached hydrogen (secondary N) is 2. The molecule has 9 heteroatoms. The maximum Gasteiger partial charge on any atom is 0.191 e. The van der Waals surface area contributed by atoms with E-state index in [-0.39, 0.29) is 30.1 Å². The van der Waals surface area contributed by atoms with Crippen molar-refractivity contribution in [3.8, 4) is 5.75 Å². The molecule has 2 rings (SSSR count). The van der Waals surface area contributed by atoms with Gasteiger partial charge < -0.3 is 15.4 Å². The highest BCUT2D eigenvalue weighted by Crippen LogP contribution is 2.16. The maximum absolute atomic E-state index is 5.87. The normalized spacial score (nSPS) is 12.2. The molecule has 2 aromatic rings. The average Bonchev–Trinajstić information content (AvgIpc) is 2.97. The molecule has 7 nitrogen and oxygen atoms in total. The van der Waals surface area contributed by atoms with Crippen molar-refractivity contribution < 1.29 is 4.74 Å². The summed E-state index contributed by atoms with van der Waals surface area (Å²) in [6.07, 6.45) is 1.50. The van der Waals surface area contributed by atoms with E-state index in [9.17, 15) is 0 Å². The third kappa shape index (κ3) is 7.47. The standard InChI is InChI=1S/C16H23ClN6O.HI/c1-4-18-16(20-10-15-21-11-22-23(15)3)19-9-12(2)24-14-7-5-13(17)6-8-14;/h5-8,11-12H,4,9-10H2,1-3H3,(H2,18,19,20);1H. The van der Waals surface area contributed by atoms with Crippen molar-refractivity contribution in [1.82, 2.24) is 25.4 Å². The van der Waals surface area contributed by atoms with Crippen LogP contribution in [0, 0.1) is 0 Å². The summed E-state index contributed by atoms with van der Waals surface area (Å²) in [4.78, 5) is 8.67. The summed E-state index contributed by atoms with van der Waals surface area (Å²) >= 11 is 5.87. The van der Waals surface area contributed by atoms with Crippen LogP contribution in [0.2, 0.25) is 5.02 Å². The van der Waals surface area contributed by atoms with Gasteiger partial charge >= 0.3 is 0 Å². The second-order valence-electron chi connectivity index (χ2n) is 5.26. The number of aromatic nitrogens is 3. The van der Waals surface area contributed by atoms with E-state index in [1.807, 2.05) is 45.2 Å². The van der Waals surface area contributed by atoms with Crippen LogP contribution in [-0.2, 0) is 13.6 Å². The Bertz CT molecular complexity index is 661. The van der Waals surface area contributed by atoms with E-state index in [0.717, 1.165) is 18.1 Å². The molecule has 1 aromatic carbocycles. The lowest BCUT2D eigenvalue weighted by Gasteiger charge is -2.17. The largest absolute Gasteiger partial charge is 0.489 e. The molecule has 0 aliphatic rings. The minimum absolute atomic E-state index is 0. The van der Waals surface area contributed by atoms with Crippen molar-refractivity contribution in [2.45, 2.75) is 26.5 Å². The number of hydrogen-bond donors (Lipinski definition) is 2. The monoisotopic (exact) mass is 478 g/mol. The molecule has 2 N–H and O–H groups in total. The van der Waals surface area contributed by atoms with Crippen LogP contribution in [-0.4, -0.2) is 39.9 Å². The van der Waals surface area contributed by atoms with Crippen LogP contribution in [0.5, 0.6) is 5.75 Å². The molecular weight excluding hydrogens is 455 g/mol. The Morgan fingerprint density at radius 3 is 2.64 bits per heavy atom. The van der Waals surface area contributed by atoms with Gasteiger partial charge in [0.2, 0.25) is 0 Å². The van der Waals surface area contributed by atoms with Gasteiger partial charge in [-0.3, -0.25) is 4.68 Å². The first-order valence-corrected chi connectivity index (χ1v) is 8.23. The molecule has 0 aliphatic heterocycles. The predicted octanol–water partition coefficient (Wildman–Crippen LogP) is 2.61. The number of rotatable bonds is 7. The van der Waals surface area contributed by atoms with Crippen LogP contribution in [0.4, 0.5) is 0 Å². The van der Waals surface area contributed by atoms with Crippen LogP contribution in [0.3, 0.4) is 0 Å². The molecule has 1 aromatic heterocycles. The summed E-state index contributed by atoms with van der Waals surface area (Å²) < 4.78 is 7.54. The molecule has 1 unspecified atom stereocenters. The molecule has 0 fully saturated rings. The summed E-state index contributed by atoms with van der Waals surface area (Å²) in [5.41, 5.74) is 0. The minimum atomic E-state index is -0.0233. The van der Waals surface area contributed by atoms with Gasteiger partial charge in [-0.25, -0.2) is 9.98 Å². The quantitative estimate of drug-likeness (QED) is 0.363. The van der Waals surface area contributed by atoms with E-state index >= 15 is 0 Å². The summed E-state index contributed by atoms with van der Waals surface area (Å²) in [5, 5.41) is 11.2. The number of aryl methyl sites for hydroxylation is 1. The van der Waals surface area contributed by atoms with Crippen LogP contribution in [0.1, 0.15) is 19.7 Å². The highest BCUT2D eigenvalue weighted by Gasteiger charge is 2.06. The number of halogens is 2. The van der Waals surface area contributed by atoms with Gasteiger partial charge in [0.25, 0.3) is 0 Å². The molecule has 0 spiro atoms. The number of nitrogens with zero attached hydrogens (tertiary/aromatic N) is 4. The van der Waals surface area contributed by atoms with Crippen LogP contribution < -0.4 is 15.4 Å². The van der Waals surface area contributed by atoms with Gasteiger partial charge in [-0.05, 0) is 38.1 Å². The van der Waals surface area contributed by atoms with Gasteiger partial charge in [0.05, 0.1) is 6.54 Å². The molecule has 25 heavy (non-hydrogen) atoms. The van der Waals surface area contributed by atoms with Crippen LogP contribution in [0.25, 0.3) is 0 Å². The SMILES string of the molecule is CCNC(=NCc1ncnn1C)NCC(C)Oc1ccc(Cl)cc1.I. The van der Waals surface area contributed by atoms with Gasteiger partial charge in [0.1, 0.15) is 30.5 Å². The van der Waals surface area contributed by atoms with Crippen molar-refractivity contribution >= 4 is 41.5 Å². The fraction of sp³-hybridized carbons (Fsp3) is 0.438. The van der Waals surface area contributed by atoms with E-state index in [1.165, 1.54) is 6.33 Å². The van der Waals surface area contributed by atoms with Gasteiger partial charge in [-0.1, -0.05) is 11.6 Å². The molecule has 1 heterocycles. The summed E-state index contributed by atoms with van der Waals surface area (Å²) in [7, 11) is 1.85. The van der Waals surface area contributed by atoms with Gasteiger partial charge in [-0.2, -0.15) is 5.10 Å². The van der Waals surface area contributed by atoms with Crippen molar-refractivity contribution in [1.29, 1.82) is 0 Å². The van der Waals surface area contributed by atoms with E-state index < -0.39 is 0 Å². The van der Waals surface area contributed by atoms with Crippen molar-refractivity contribution in [2.24, 2.45) is 12.0 Å². The number of benzene rings is 1. The van der Waals surface area contributed by atoms with Crippen molar-refractivity contribution in [3.05, 3.63) is 41.4 Å². The second-order valence-corrected chi connectivity index (χ2v) is 5.69. The lowest BCUT2D eigenvalue weighted by molar-refractivity contribution is 0.224. The summed E-state index contributed by atoms with van der Waals surface area (Å²) in [5.74, 6) is 2.31. The Labute approximate surface area is 170 Å². The first kappa shape index (κ1) is 21.5. The Morgan fingerprint density at radius 2 is 2.04 bits per heavy atom. The number of aliphatic imine (C=N–C) groups is 1. The lowest BCUT2D eigenvalue weighted by Crippen LogP contribution is -2.41. The third-order valence-electron chi connectivity index (χ3n) is 3.24. The molecule has 0 aliphatic carbocycles. The smallest absolute Gasteiger partial charge is 0.191 e. The summed E-state index contributed by atoms with van der Waals surface area (Å²) in [6, 6.07) is 7.32. The van der Waals surface area contributed by atoms with Gasteiger partial charge in [-0.15, -0.1) is 24.0 Å². The molecule has 0 saturated heterocycles. The number of hydrogen-bond acceptors (Lipinski definition) is 4. The Balaban J connectivity index is 0.00000312. The lowest BCUT2D eigenvalue weighted by atomic mass is 10.3. The van der Waals surface area contributed by atoms with Crippen molar-refractivity contribution in [2.75, 3.05) is 13.1 Å². The number of ether oxygens (including phenoxy) is 1. The Hall–Kier alpha value is -1.55. The van der Waals surface area contributed by atoms with E-state index in [4.69, 9.17) is 16.3 Å². The average molecular weight is 479 g/mol. The minimum Gasteiger partial charge on any atom is -0.489 e. The summed E-state index contributed by atoms with van der Waals surface area (Å²) in [6.45, 7) is 5.86. The molecule has 0 amide bonds. The molecular formula is C16H24ClIN6O. The molecule has 0 saturated carbocycles.